The lowest BCUT2D eigenvalue weighted by atomic mass is 9.92. The zero-order chi connectivity index (χ0) is 27.4. The molecule has 4 heterocycles. The molecule has 39 heavy (non-hydrogen) atoms. The second kappa shape index (κ2) is 9.73. The molecule has 0 radical (unpaired) electrons. The molecule has 2 aromatic carbocycles. The van der Waals surface area contributed by atoms with Gasteiger partial charge in [-0.1, -0.05) is 5.21 Å². The lowest BCUT2D eigenvalue weighted by Crippen LogP contribution is -2.53. The van der Waals surface area contributed by atoms with Crippen molar-refractivity contribution in [2.75, 3.05) is 6.61 Å². The second-order valence-corrected chi connectivity index (χ2v) is 10.2. The number of benzene rings is 2. The van der Waals surface area contributed by atoms with Crippen molar-refractivity contribution in [2.24, 2.45) is 0 Å². The SMILES string of the molecule is Cc1nc2ccc(-n3nnnc3[C@@H]3O[C@H](CO)[C@H](O)[C@H](n4cc(-c5cc(F)c(F)c(F)c5)nn4)[C@H]3O)cc2s1. The van der Waals surface area contributed by atoms with Crippen LogP contribution in [-0.2, 0) is 4.74 Å². The summed E-state index contributed by atoms with van der Waals surface area (Å²) in [6, 6.07) is 5.64. The van der Waals surface area contributed by atoms with Gasteiger partial charge in [0.05, 0.1) is 33.7 Å². The third-order valence-electron chi connectivity index (χ3n) is 6.46. The maximum atomic E-state index is 13.8. The predicted molar refractivity (Wildman–Crippen MR) is 128 cm³/mol. The van der Waals surface area contributed by atoms with Crippen LogP contribution in [0.3, 0.4) is 0 Å². The Hall–Kier alpha value is -3.83. The minimum atomic E-state index is -1.63. The number of tetrazole rings is 1. The van der Waals surface area contributed by atoms with Crippen LogP contribution in [0.2, 0.25) is 0 Å². The molecule has 1 aliphatic heterocycles. The Labute approximate surface area is 220 Å². The highest BCUT2D eigenvalue weighted by atomic mass is 32.1. The molecule has 5 atom stereocenters. The summed E-state index contributed by atoms with van der Waals surface area (Å²) in [4.78, 5) is 4.43. The molecule has 6 rings (SSSR count). The van der Waals surface area contributed by atoms with Gasteiger partial charge in [0.15, 0.2) is 23.3 Å². The van der Waals surface area contributed by atoms with Crippen molar-refractivity contribution in [3.05, 3.63) is 64.8 Å². The molecule has 202 valence electrons. The Kier molecular flexibility index (Phi) is 6.35. The van der Waals surface area contributed by atoms with E-state index in [2.05, 4.69) is 30.8 Å². The topological polar surface area (TPSA) is 157 Å². The Morgan fingerprint density at radius 2 is 1.79 bits per heavy atom. The van der Waals surface area contributed by atoms with E-state index < -0.39 is 54.5 Å². The van der Waals surface area contributed by atoms with Gasteiger partial charge in [-0.15, -0.1) is 21.5 Å². The van der Waals surface area contributed by atoms with Crippen LogP contribution < -0.4 is 0 Å². The zero-order valence-electron chi connectivity index (χ0n) is 19.9. The molecule has 0 amide bonds. The van der Waals surface area contributed by atoms with E-state index in [0.29, 0.717) is 5.69 Å². The lowest BCUT2D eigenvalue weighted by molar-refractivity contribution is -0.210. The van der Waals surface area contributed by atoms with Gasteiger partial charge in [-0.05, 0) is 47.7 Å². The number of hydrogen-bond acceptors (Lipinski definition) is 11. The van der Waals surface area contributed by atoms with Gasteiger partial charge < -0.3 is 20.1 Å². The van der Waals surface area contributed by atoms with Crippen LogP contribution in [0.4, 0.5) is 13.2 Å². The fourth-order valence-electron chi connectivity index (χ4n) is 4.60. The first-order valence-electron chi connectivity index (χ1n) is 11.6. The third-order valence-corrected chi connectivity index (χ3v) is 7.39. The van der Waals surface area contributed by atoms with Crippen molar-refractivity contribution in [3.63, 3.8) is 0 Å². The number of aliphatic hydroxyl groups is 3. The van der Waals surface area contributed by atoms with E-state index in [1.807, 2.05) is 13.0 Å². The maximum absolute atomic E-state index is 13.8. The van der Waals surface area contributed by atoms with E-state index in [1.54, 1.807) is 12.1 Å². The molecule has 1 fully saturated rings. The van der Waals surface area contributed by atoms with Crippen LogP contribution >= 0.6 is 11.3 Å². The summed E-state index contributed by atoms with van der Waals surface area (Å²) in [7, 11) is 0. The van der Waals surface area contributed by atoms with Gasteiger partial charge in [0.1, 0.15) is 36.2 Å². The van der Waals surface area contributed by atoms with Gasteiger partial charge in [0, 0.05) is 5.56 Å². The lowest BCUT2D eigenvalue weighted by Gasteiger charge is -2.41. The normalized spacial score (nSPS) is 23.5. The summed E-state index contributed by atoms with van der Waals surface area (Å²) >= 11 is 1.48. The molecule has 5 aromatic rings. The molecule has 12 nitrogen and oxygen atoms in total. The number of rotatable bonds is 5. The number of ether oxygens (including phenoxy) is 1. The summed E-state index contributed by atoms with van der Waals surface area (Å²) in [6.07, 6.45) is -4.19. The van der Waals surface area contributed by atoms with Gasteiger partial charge >= 0.3 is 0 Å². The second-order valence-electron chi connectivity index (χ2n) is 8.92. The summed E-state index contributed by atoms with van der Waals surface area (Å²) < 4.78 is 50.1. The Morgan fingerprint density at radius 1 is 1.03 bits per heavy atom. The fraction of sp³-hybridized carbons (Fsp3) is 0.304. The van der Waals surface area contributed by atoms with Crippen LogP contribution in [0.25, 0.3) is 27.2 Å². The van der Waals surface area contributed by atoms with Crippen molar-refractivity contribution < 1.29 is 33.2 Å². The molecule has 0 spiro atoms. The molecule has 16 heteroatoms. The summed E-state index contributed by atoms with van der Waals surface area (Å²) in [5.74, 6) is -4.37. The first-order chi connectivity index (χ1) is 18.7. The van der Waals surface area contributed by atoms with Crippen molar-refractivity contribution in [3.8, 4) is 16.9 Å². The van der Waals surface area contributed by atoms with Gasteiger partial charge in [0.2, 0.25) is 0 Å². The molecule has 3 N–H and O–H groups in total. The molecule has 0 saturated carbocycles. The van der Waals surface area contributed by atoms with Crippen LogP contribution in [0.1, 0.15) is 23.0 Å². The van der Waals surface area contributed by atoms with Crippen LogP contribution in [0, 0.1) is 24.4 Å². The minimum absolute atomic E-state index is 0.0474. The fourth-order valence-corrected chi connectivity index (χ4v) is 5.46. The van der Waals surface area contributed by atoms with Crippen molar-refractivity contribution in [2.45, 2.75) is 37.4 Å². The minimum Gasteiger partial charge on any atom is -0.394 e. The average molecular weight is 561 g/mol. The summed E-state index contributed by atoms with van der Waals surface area (Å²) in [5.41, 5.74) is 1.21. The van der Waals surface area contributed by atoms with Gasteiger partial charge in [0.25, 0.3) is 0 Å². The van der Waals surface area contributed by atoms with E-state index in [4.69, 9.17) is 4.74 Å². The van der Waals surface area contributed by atoms with Crippen molar-refractivity contribution in [1.82, 2.24) is 40.2 Å². The zero-order valence-corrected chi connectivity index (χ0v) is 20.7. The Balaban J connectivity index is 1.36. The summed E-state index contributed by atoms with van der Waals surface area (Å²) in [6.45, 7) is 1.27. The highest BCUT2D eigenvalue weighted by Crippen LogP contribution is 2.38. The molecule has 1 aliphatic rings. The van der Waals surface area contributed by atoms with Gasteiger partial charge in [-0.25, -0.2) is 22.8 Å². The van der Waals surface area contributed by atoms with E-state index in [0.717, 1.165) is 32.0 Å². The maximum Gasteiger partial charge on any atom is 0.194 e. The molecule has 0 unspecified atom stereocenters. The number of thiazole rings is 1. The number of aliphatic hydroxyl groups excluding tert-OH is 3. The number of aromatic nitrogens is 8. The number of fused-ring (bicyclic) bond motifs is 1. The molecule has 0 bridgehead atoms. The molecule has 1 saturated heterocycles. The molecule has 0 aliphatic carbocycles. The van der Waals surface area contributed by atoms with Crippen LogP contribution in [0.15, 0.2) is 36.5 Å². The van der Waals surface area contributed by atoms with E-state index in [1.165, 1.54) is 22.2 Å². The van der Waals surface area contributed by atoms with Crippen molar-refractivity contribution >= 4 is 21.6 Å². The van der Waals surface area contributed by atoms with E-state index >= 15 is 0 Å². The largest absolute Gasteiger partial charge is 0.394 e. The highest BCUT2D eigenvalue weighted by Gasteiger charge is 2.48. The van der Waals surface area contributed by atoms with Crippen LogP contribution in [0.5, 0.6) is 0 Å². The highest BCUT2D eigenvalue weighted by molar-refractivity contribution is 7.18. The summed E-state index contributed by atoms with van der Waals surface area (Å²) in [5, 5.41) is 52.6. The molecular weight excluding hydrogens is 541 g/mol. The van der Waals surface area contributed by atoms with Crippen LogP contribution in [-0.4, -0.2) is 80.4 Å². The first-order valence-corrected chi connectivity index (χ1v) is 12.4. The Bertz CT molecular complexity index is 1650. The van der Waals surface area contributed by atoms with Gasteiger partial charge in [-0.2, -0.15) is 4.68 Å². The van der Waals surface area contributed by atoms with E-state index in [9.17, 15) is 28.5 Å². The van der Waals surface area contributed by atoms with Gasteiger partial charge in [-0.3, -0.25) is 0 Å². The molecular formula is C23H19F3N8O4S. The number of nitrogens with zero attached hydrogens (tertiary/aromatic N) is 8. The predicted octanol–water partition coefficient (Wildman–Crippen LogP) is 1.65. The van der Waals surface area contributed by atoms with E-state index in [-0.39, 0.29) is 17.1 Å². The number of hydrogen-bond donors (Lipinski definition) is 3. The smallest absolute Gasteiger partial charge is 0.194 e. The molecule has 3 aromatic heterocycles. The number of halogens is 3. The van der Waals surface area contributed by atoms with Crippen molar-refractivity contribution in [1.29, 1.82) is 0 Å². The quantitative estimate of drug-likeness (QED) is 0.270. The third kappa shape index (κ3) is 4.35. The average Bonchev–Trinajstić information content (AvgIpc) is 3.66. The standard InChI is InChI=1S/C23H19F3N8O4S/c1-9-27-14-3-2-11(6-17(14)39-9)34-23(29-30-32-34)22-21(37)19(20(36)16(8-35)38-22)33-7-15(28-31-33)10-4-12(24)18(26)13(25)5-10/h2-7,16,19-22,35-37H,8H2,1H3/t16-,19+,20+,21-,22-/m1/s1. The monoisotopic (exact) mass is 560 g/mol. The first kappa shape index (κ1) is 25.4. The Morgan fingerprint density at radius 3 is 2.54 bits per heavy atom. The number of aryl methyl sites for hydroxylation is 1.